The van der Waals surface area contributed by atoms with E-state index in [1.54, 1.807) is 0 Å². The molecule has 4 nitrogen and oxygen atoms in total. The molecule has 0 radical (unpaired) electrons. The van der Waals surface area contributed by atoms with E-state index in [0.717, 1.165) is 38.8 Å². The molecular formula is C14H21NO3. The number of carbonyl (C=O) groups excluding carboxylic acids is 1. The van der Waals surface area contributed by atoms with Gasteiger partial charge >= 0.3 is 5.97 Å². The minimum absolute atomic E-state index is 0.0408. The summed E-state index contributed by atoms with van der Waals surface area (Å²) in [4.78, 5) is 25.0. The zero-order valence-electron chi connectivity index (χ0n) is 10.7. The third-order valence-electron chi connectivity index (χ3n) is 5.29. The first-order valence-electron chi connectivity index (χ1n) is 7.11. The summed E-state index contributed by atoms with van der Waals surface area (Å²) < 4.78 is 0. The van der Waals surface area contributed by atoms with E-state index in [4.69, 9.17) is 5.11 Å². The van der Waals surface area contributed by atoms with Crippen LogP contribution in [0.15, 0.2) is 0 Å². The van der Waals surface area contributed by atoms with Crippen molar-refractivity contribution < 1.29 is 14.7 Å². The van der Waals surface area contributed by atoms with Gasteiger partial charge in [-0.05, 0) is 43.4 Å². The van der Waals surface area contributed by atoms with E-state index >= 15 is 0 Å². The van der Waals surface area contributed by atoms with Crippen LogP contribution in [0.2, 0.25) is 0 Å². The second-order valence-electron chi connectivity index (χ2n) is 6.34. The van der Waals surface area contributed by atoms with Crippen LogP contribution in [-0.4, -0.2) is 35.0 Å². The van der Waals surface area contributed by atoms with Crippen molar-refractivity contribution in [1.29, 1.82) is 0 Å². The molecule has 1 spiro atoms. The molecule has 1 aliphatic heterocycles. The van der Waals surface area contributed by atoms with Gasteiger partial charge in [0, 0.05) is 19.5 Å². The third-order valence-corrected chi connectivity index (χ3v) is 5.29. The lowest BCUT2D eigenvalue weighted by atomic mass is 9.82. The zero-order valence-corrected chi connectivity index (χ0v) is 10.7. The fourth-order valence-electron chi connectivity index (χ4n) is 3.52. The number of carboxylic acids is 1. The number of carboxylic acid groups (broad SMARTS) is 1. The first kappa shape index (κ1) is 12.0. The smallest absolute Gasteiger partial charge is 0.307 e. The second-order valence-corrected chi connectivity index (χ2v) is 6.34. The predicted octanol–water partition coefficient (Wildman–Crippen LogP) is 1.89. The van der Waals surface area contributed by atoms with Gasteiger partial charge in [0.05, 0.1) is 5.92 Å². The van der Waals surface area contributed by atoms with Crippen molar-refractivity contribution in [2.45, 2.75) is 44.9 Å². The first-order valence-corrected chi connectivity index (χ1v) is 7.11. The van der Waals surface area contributed by atoms with Crippen LogP contribution >= 0.6 is 0 Å². The lowest BCUT2D eigenvalue weighted by molar-refractivity contribution is -0.140. The Labute approximate surface area is 107 Å². The minimum Gasteiger partial charge on any atom is -0.481 e. The van der Waals surface area contributed by atoms with Crippen LogP contribution in [0.3, 0.4) is 0 Å². The van der Waals surface area contributed by atoms with Gasteiger partial charge in [0.1, 0.15) is 0 Å². The Bertz CT molecular complexity index is 367. The van der Waals surface area contributed by atoms with Crippen molar-refractivity contribution in [1.82, 2.24) is 4.90 Å². The Morgan fingerprint density at radius 2 is 1.89 bits per heavy atom. The minimum atomic E-state index is -0.649. The average molecular weight is 251 g/mol. The van der Waals surface area contributed by atoms with Crippen molar-refractivity contribution in [2.24, 2.45) is 17.3 Å². The molecule has 1 amide bonds. The summed E-state index contributed by atoms with van der Waals surface area (Å²) in [6, 6.07) is 0. The highest BCUT2D eigenvalue weighted by molar-refractivity contribution is 5.77. The van der Waals surface area contributed by atoms with Gasteiger partial charge in [-0.3, -0.25) is 9.59 Å². The fraction of sp³-hybridized carbons (Fsp3) is 0.857. The SMILES string of the molecule is O=C(O)C1CC12CCN(C(=O)CC1CCC1)CC2. The van der Waals surface area contributed by atoms with Gasteiger partial charge in [-0.1, -0.05) is 6.42 Å². The van der Waals surface area contributed by atoms with Crippen molar-refractivity contribution >= 4 is 11.9 Å². The van der Waals surface area contributed by atoms with E-state index < -0.39 is 5.97 Å². The van der Waals surface area contributed by atoms with Crippen molar-refractivity contribution in [3.05, 3.63) is 0 Å². The van der Waals surface area contributed by atoms with Crippen LogP contribution < -0.4 is 0 Å². The van der Waals surface area contributed by atoms with E-state index in [-0.39, 0.29) is 11.3 Å². The molecule has 0 aromatic heterocycles. The Hall–Kier alpha value is -1.06. The van der Waals surface area contributed by atoms with Crippen LogP contribution in [-0.2, 0) is 9.59 Å². The zero-order chi connectivity index (χ0) is 12.8. The number of aliphatic carboxylic acids is 1. The summed E-state index contributed by atoms with van der Waals surface area (Å²) in [6.45, 7) is 1.55. The van der Waals surface area contributed by atoms with Gasteiger partial charge in [0.2, 0.25) is 5.91 Å². The molecule has 1 saturated heterocycles. The van der Waals surface area contributed by atoms with Crippen molar-refractivity contribution in [2.75, 3.05) is 13.1 Å². The Morgan fingerprint density at radius 1 is 1.22 bits per heavy atom. The fourth-order valence-corrected chi connectivity index (χ4v) is 3.52. The van der Waals surface area contributed by atoms with Gasteiger partial charge in [-0.15, -0.1) is 0 Å². The molecule has 4 heteroatoms. The molecule has 0 aromatic rings. The average Bonchev–Trinajstić information content (AvgIpc) is 2.99. The van der Waals surface area contributed by atoms with Crippen LogP contribution in [0, 0.1) is 17.3 Å². The molecule has 1 atom stereocenters. The summed E-state index contributed by atoms with van der Waals surface area (Å²) >= 11 is 0. The number of piperidine rings is 1. The van der Waals surface area contributed by atoms with Crippen LogP contribution in [0.4, 0.5) is 0 Å². The van der Waals surface area contributed by atoms with Gasteiger partial charge in [0.15, 0.2) is 0 Å². The largest absolute Gasteiger partial charge is 0.481 e. The number of carbonyl (C=O) groups is 2. The highest BCUT2D eigenvalue weighted by Gasteiger charge is 2.59. The number of hydrogen-bond donors (Lipinski definition) is 1. The summed E-state index contributed by atoms with van der Waals surface area (Å²) in [5, 5.41) is 9.02. The molecule has 1 unspecified atom stereocenters. The molecule has 18 heavy (non-hydrogen) atoms. The van der Waals surface area contributed by atoms with E-state index in [0.29, 0.717) is 11.8 Å². The van der Waals surface area contributed by atoms with E-state index in [9.17, 15) is 9.59 Å². The van der Waals surface area contributed by atoms with Crippen LogP contribution in [0.25, 0.3) is 0 Å². The van der Waals surface area contributed by atoms with E-state index in [1.807, 2.05) is 4.90 Å². The van der Waals surface area contributed by atoms with Crippen LogP contribution in [0.1, 0.15) is 44.9 Å². The maximum Gasteiger partial charge on any atom is 0.307 e. The molecule has 100 valence electrons. The van der Waals surface area contributed by atoms with Gasteiger partial charge < -0.3 is 10.0 Å². The Balaban J connectivity index is 1.48. The predicted molar refractivity (Wildman–Crippen MR) is 65.9 cm³/mol. The maximum absolute atomic E-state index is 12.1. The molecule has 3 aliphatic rings. The lowest BCUT2D eigenvalue weighted by Crippen LogP contribution is -2.41. The quantitative estimate of drug-likeness (QED) is 0.833. The molecule has 0 bridgehead atoms. The van der Waals surface area contributed by atoms with E-state index in [1.165, 1.54) is 19.3 Å². The van der Waals surface area contributed by atoms with Crippen LogP contribution in [0.5, 0.6) is 0 Å². The second kappa shape index (κ2) is 4.25. The summed E-state index contributed by atoms with van der Waals surface area (Å²) in [6.07, 6.45) is 7.03. The standard InChI is InChI=1S/C14H21NO3/c16-12(8-10-2-1-3-10)15-6-4-14(5-7-15)9-11(14)13(17)18/h10-11H,1-9H2,(H,17,18). The number of rotatable bonds is 3. The molecule has 2 saturated carbocycles. The topological polar surface area (TPSA) is 57.6 Å². The molecular weight excluding hydrogens is 230 g/mol. The first-order chi connectivity index (χ1) is 8.61. The maximum atomic E-state index is 12.1. The molecule has 2 aliphatic carbocycles. The Morgan fingerprint density at radius 3 is 2.33 bits per heavy atom. The highest BCUT2D eigenvalue weighted by Crippen LogP contribution is 2.59. The molecule has 1 heterocycles. The molecule has 1 N–H and O–H groups in total. The number of amides is 1. The Kier molecular flexibility index (Phi) is 2.83. The molecule has 3 rings (SSSR count). The van der Waals surface area contributed by atoms with Crippen molar-refractivity contribution in [3.8, 4) is 0 Å². The summed E-state index contributed by atoms with van der Waals surface area (Å²) in [7, 11) is 0. The van der Waals surface area contributed by atoms with Gasteiger partial charge in [-0.2, -0.15) is 0 Å². The van der Waals surface area contributed by atoms with Crippen molar-refractivity contribution in [3.63, 3.8) is 0 Å². The van der Waals surface area contributed by atoms with Gasteiger partial charge in [0.25, 0.3) is 0 Å². The normalized spacial score (nSPS) is 30.0. The number of likely N-dealkylation sites (tertiary alicyclic amines) is 1. The molecule has 3 fully saturated rings. The van der Waals surface area contributed by atoms with E-state index in [2.05, 4.69) is 0 Å². The highest BCUT2D eigenvalue weighted by atomic mass is 16.4. The molecule has 0 aromatic carbocycles. The number of hydrogen-bond acceptors (Lipinski definition) is 2. The summed E-state index contributed by atoms with van der Waals surface area (Å²) in [5.74, 6) is 0.133. The summed E-state index contributed by atoms with van der Waals surface area (Å²) in [5.41, 5.74) is 0.0408. The third kappa shape index (κ3) is 2.02. The number of nitrogens with zero attached hydrogens (tertiary/aromatic N) is 1. The monoisotopic (exact) mass is 251 g/mol. The lowest BCUT2D eigenvalue weighted by Gasteiger charge is -2.34. The van der Waals surface area contributed by atoms with Gasteiger partial charge in [-0.25, -0.2) is 0 Å².